The fourth-order valence-corrected chi connectivity index (χ4v) is 2.28. The van der Waals surface area contributed by atoms with Crippen molar-refractivity contribution in [3.63, 3.8) is 0 Å². The smallest absolute Gasteiger partial charge is 0.337 e. The van der Waals surface area contributed by atoms with Gasteiger partial charge in [0.2, 0.25) is 0 Å². The lowest BCUT2D eigenvalue weighted by Crippen LogP contribution is -2.02. The van der Waals surface area contributed by atoms with Crippen LogP contribution in [0.5, 0.6) is 0 Å². The molecule has 0 saturated heterocycles. The summed E-state index contributed by atoms with van der Waals surface area (Å²) in [6.07, 6.45) is 3.15. The summed E-state index contributed by atoms with van der Waals surface area (Å²) < 4.78 is 4.59. The lowest BCUT2D eigenvalue weighted by molar-refractivity contribution is -0.387. The number of ether oxygens (including phenoxy) is 1. The summed E-state index contributed by atoms with van der Waals surface area (Å²) in [6.45, 7) is 0. The van der Waals surface area contributed by atoms with E-state index in [1.54, 1.807) is 12.4 Å². The quantitative estimate of drug-likeness (QED) is 0.523. The second-order valence-electron chi connectivity index (χ2n) is 3.43. The first-order chi connectivity index (χ1) is 9.11. The van der Waals surface area contributed by atoms with Crippen molar-refractivity contribution in [2.45, 2.75) is 10.1 Å². The molecule has 19 heavy (non-hydrogen) atoms. The molecule has 0 fully saturated rings. The summed E-state index contributed by atoms with van der Waals surface area (Å²) >= 11 is 1.08. The second-order valence-corrected chi connectivity index (χ2v) is 4.46. The number of methoxy groups -OCH3 is 1. The van der Waals surface area contributed by atoms with E-state index in [4.69, 9.17) is 0 Å². The standard InChI is InChI=1S/C11H9N3O4S/c1-18-10(15)7-2-3-8(14(16)17)9(6-7)19-11-12-4-5-13-11/h2-6H,1H3,(H,12,13). The zero-order chi connectivity index (χ0) is 13.8. The Balaban J connectivity index is 2.41. The van der Waals surface area contributed by atoms with E-state index in [2.05, 4.69) is 14.7 Å². The number of rotatable bonds is 4. The van der Waals surface area contributed by atoms with Crippen LogP contribution in [0.3, 0.4) is 0 Å². The summed E-state index contributed by atoms with van der Waals surface area (Å²) in [6, 6.07) is 4.05. The number of H-pyrrole nitrogens is 1. The fraction of sp³-hybridized carbons (Fsp3) is 0.0909. The van der Waals surface area contributed by atoms with Crippen LogP contribution in [-0.2, 0) is 4.74 Å². The minimum Gasteiger partial charge on any atom is -0.465 e. The Morgan fingerprint density at radius 1 is 1.53 bits per heavy atom. The molecule has 2 rings (SSSR count). The molecule has 0 saturated carbocycles. The number of nitrogens with one attached hydrogen (secondary N) is 1. The monoisotopic (exact) mass is 279 g/mol. The molecule has 1 heterocycles. The van der Waals surface area contributed by atoms with Gasteiger partial charge in [-0.15, -0.1) is 0 Å². The average Bonchev–Trinajstić information content (AvgIpc) is 2.90. The SMILES string of the molecule is COC(=O)c1ccc([N+](=O)[O-])c(Sc2ncc[nH]2)c1. The highest BCUT2D eigenvalue weighted by atomic mass is 32.2. The van der Waals surface area contributed by atoms with Crippen LogP contribution in [0.25, 0.3) is 0 Å². The third kappa shape index (κ3) is 2.91. The Bertz CT molecular complexity index is 612. The van der Waals surface area contributed by atoms with Crippen molar-refractivity contribution in [3.05, 3.63) is 46.3 Å². The van der Waals surface area contributed by atoms with Crippen LogP contribution in [0.2, 0.25) is 0 Å². The van der Waals surface area contributed by atoms with Crippen molar-refractivity contribution in [1.82, 2.24) is 9.97 Å². The second kappa shape index (κ2) is 5.53. The van der Waals surface area contributed by atoms with Gasteiger partial charge in [0, 0.05) is 18.5 Å². The maximum atomic E-state index is 11.4. The lowest BCUT2D eigenvalue weighted by atomic mass is 10.2. The number of esters is 1. The molecule has 0 spiro atoms. The third-order valence-corrected chi connectivity index (χ3v) is 3.22. The number of carbonyl (C=O) groups excluding carboxylic acids is 1. The molecule has 1 aromatic carbocycles. The molecule has 98 valence electrons. The molecule has 0 aliphatic rings. The van der Waals surface area contributed by atoms with Crippen molar-refractivity contribution < 1.29 is 14.5 Å². The Hall–Kier alpha value is -2.35. The number of imidazole rings is 1. The lowest BCUT2D eigenvalue weighted by Gasteiger charge is -2.03. The normalized spacial score (nSPS) is 10.2. The Morgan fingerprint density at radius 3 is 2.89 bits per heavy atom. The zero-order valence-corrected chi connectivity index (χ0v) is 10.6. The van der Waals surface area contributed by atoms with E-state index in [0.717, 1.165) is 11.8 Å². The Labute approximate surface area is 112 Å². The number of aromatic nitrogens is 2. The van der Waals surface area contributed by atoms with Gasteiger partial charge in [0.05, 0.1) is 22.5 Å². The molecule has 1 N–H and O–H groups in total. The number of hydrogen-bond acceptors (Lipinski definition) is 6. The predicted molar refractivity (Wildman–Crippen MR) is 67.1 cm³/mol. The summed E-state index contributed by atoms with van der Waals surface area (Å²) in [5.41, 5.74) is 0.163. The van der Waals surface area contributed by atoms with Gasteiger partial charge in [-0.05, 0) is 23.9 Å². The van der Waals surface area contributed by atoms with Crippen molar-refractivity contribution in [2.75, 3.05) is 7.11 Å². The first-order valence-corrected chi connectivity index (χ1v) is 5.97. The molecule has 8 heteroatoms. The summed E-state index contributed by atoms with van der Waals surface area (Å²) in [4.78, 5) is 29.0. The summed E-state index contributed by atoms with van der Waals surface area (Å²) in [7, 11) is 1.25. The van der Waals surface area contributed by atoms with Crippen LogP contribution in [0.4, 0.5) is 5.69 Å². The van der Waals surface area contributed by atoms with Crippen LogP contribution >= 0.6 is 11.8 Å². The first-order valence-electron chi connectivity index (χ1n) is 5.16. The van der Waals surface area contributed by atoms with Crippen molar-refractivity contribution >= 4 is 23.4 Å². The van der Waals surface area contributed by atoms with Gasteiger partial charge in [0.15, 0.2) is 5.16 Å². The Kier molecular flexibility index (Phi) is 3.81. The van der Waals surface area contributed by atoms with Gasteiger partial charge in [0.1, 0.15) is 0 Å². The van der Waals surface area contributed by atoms with E-state index in [0.29, 0.717) is 10.1 Å². The molecule has 0 bridgehead atoms. The highest BCUT2D eigenvalue weighted by Crippen LogP contribution is 2.33. The molecule has 0 radical (unpaired) electrons. The molecule has 2 aromatic rings. The number of nitro groups is 1. The predicted octanol–water partition coefficient (Wildman–Crippen LogP) is 2.26. The molecule has 0 atom stereocenters. The van der Waals surface area contributed by atoms with E-state index in [9.17, 15) is 14.9 Å². The van der Waals surface area contributed by atoms with Crippen molar-refractivity contribution in [3.8, 4) is 0 Å². The molecular weight excluding hydrogens is 270 g/mol. The maximum Gasteiger partial charge on any atom is 0.337 e. The van der Waals surface area contributed by atoms with Gasteiger partial charge in [-0.25, -0.2) is 9.78 Å². The van der Waals surface area contributed by atoms with Gasteiger partial charge >= 0.3 is 5.97 Å². The first kappa shape index (κ1) is 13.1. The van der Waals surface area contributed by atoms with Gasteiger partial charge in [-0.1, -0.05) is 0 Å². The average molecular weight is 279 g/mol. The van der Waals surface area contributed by atoms with Crippen LogP contribution in [-0.4, -0.2) is 28.0 Å². The summed E-state index contributed by atoms with van der Waals surface area (Å²) in [5.74, 6) is -0.545. The van der Waals surface area contributed by atoms with Crippen molar-refractivity contribution in [2.24, 2.45) is 0 Å². The third-order valence-electron chi connectivity index (χ3n) is 2.26. The van der Waals surface area contributed by atoms with E-state index < -0.39 is 10.9 Å². The van der Waals surface area contributed by atoms with Crippen LogP contribution < -0.4 is 0 Å². The van der Waals surface area contributed by atoms with E-state index >= 15 is 0 Å². The molecule has 0 unspecified atom stereocenters. The largest absolute Gasteiger partial charge is 0.465 e. The topological polar surface area (TPSA) is 98.1 Å². The van der Waals surface area contributed by atoms with Crippen LogP contribution in [0, 0.1) is 10.1 Å². The maximum absolute atomic E-state index is 11.4. The van der Waals surface area contributed by atoms with Crippen molar-refractivity contribution in [1.29, 1.82) is 0 Å². The van der Waals surface area contributed by atoms with Gasteiger partial charge in [0.25, 0.3) is 5.69 Å². The van der Waals surface area contributed by atoms with Gasteiger partial charge in [-0.3, -0.25) is 10.1 Å². The minimum absolute atomic E-state index is 0.0888. The minimum atomic E-state index is -0.545. The number of nitro benzene ring substituents is 1. The van der Waals surface area contributed by atoms with Crippen LogP contribution in [0.15, 0.2) is 40.6 Å². The molecule has 0 aliphatic carbocycles. The van der Waals surface area contributed by atoms with Gasteiger partial charge in [-0.2, -0.15) is 0 Å². The molecule has 1 aromatic heterocycles. The van der Waals surface area contributed by atoms with Crippen LogP contribution in [0.1, 0.15) is 10.4 Å². The van der Waals surface area contributed by atoms with E-state index in [1.165, 1.54) is 25.3 Å². The molecule has 0 aliphatic heterocycles. The van der Waals surface area contributed by atoms with Gasteiger partial charge < -0.3 is 9.72 Å². The highest BCUT2D eigenvalue weighted by Gasteiger charge is 2.18. The number of benzene rings is 1. The highest BCUT2D eigenvalue weighted by molar-refractivity contribution is 7.99. The fourth-order valence-electron chi connectivity index (χ4n) is 1.40. The van der Waals surface area contributed by atoms with E-state index in [-0.39, 0.29) is 11.3 Å². The zero-order valence-electron chi connectivity index (χ0n) is 9.82. The number of carbonyl (C=O) groups is 1. The number of aromatic amines is 1. The Morgan fingerprint density at radius 2 is 2.32 bits per heavy atom. The number of hydrogen-bond donors (Lipinski definition) is 1. The summed E-state index contributed by atoms with van der Waals surface area (Å²) in [5, 5.41) is 11.5. The number of nitrogens with zero attached hydrogens (tertiary/aromatic N) is 2. The van der Waals surface area contributed by atoms with E-state index in [1.807, 2.05) is 0 Å². The molecule has 0 amide bonds. The molecule has 7 nitrogen and oxygen atoms in total. The molecular formula is C11H9N3O4S.